The van der Waals surface area contributed by atoms with Gasteiger partial charge in [-0.1, -0.05) is 23.8 Å². The number of aromatic carboxylic acids is 1. The molecule has 2 amide bonds. The van der Waals surface area contributed by atoms with Crippen LogP contribution in [0.25, 0.3) is 0 Å². The van der Waals surface area contributed by atoms with Crippen LogP contribution in [0.1, 0.15) is 16.8 Å². The van der Waals surface area contributed by atoms with E-state index in [0.29, 0.717) is 17.5 Å². The molecule has 3 fully saturated rings. The average Bonchev–Trinajstić information content (AvgIpc) is 3.33. The van der Waals surface area contributed by atoms with Crippen molar-refractivity contribution in [3.63, 3.8) is 0 Å². The van der Waals surface area contributed by atoms with E-state index >= 15 is 0 Å². The molecule has 24 heavy (non-hydrogen) atoms. The highest BCUT2D eigenvalue weighted by molar-refractivity contribution is 6.34. The number of halogens is 1. The lowest BCUT2D eigenvalue weighted by Gasteiger charge is -2.37. The lowest BCUT2D eigenvalue weighted by Crippen LogP contribution is -2.40. The van der Waals surface area contributed by atoms with Gasteiger partial charge < -0.3 is 5.11 Å². The van der Waals surface area contributed by atoms with Crippen molar-refractivity contribution in [1.29, 1.82) is 0 Å². The van der Waals surface area contributed by atoms with Crippen LogP contribution in [0.15, 0.2) is 30.4 Å². The highest BCUT2D eigenvalue weighted by Gasteiger charge is 2.67. The average molecular weight is 344 g/mol. The molecule has 5 nitrogen and oxygen atoms in total. The maximum atomic E-state index is 13.0. The molecule has 1 aromatic rings. The number of carboxylic acid groups (broad SMARTS) is 1. The van der Waals surface area contributed by atoms with E-state index in [1.807, 2.05) is 0 Å². The zero-order valence-electron chi connectivity index (χ0n) is 12.6. The number of carboxylic acids is 1. The van der Waals surface area contributed by atoms with E-state index < -0.39 is 5.97 Å². The number of carbonyl (C=O) groups excluding carboxylic acids is 2. The zero-order chi connectivity index (χ0) is 16.7. The fraction of sp³-hybridized carbons (Fsp3) is 0.389. The summed E-state index contributed by atoms with van der Waals surface area (Å²) >= 11 is 5.89. The smallest absolute Gasteiger partial charge is 0.337 e. The summed E-state index contributed by atoms with van der Waals surface area (Å²) in [5, 5.41) is 9.31. The number of hydrogen-bond acceptors (Lipinski definition) is 3. The first-order valence-electron chi connectivity index (χ1n) is 8.08. The van der Waals surface area contributed by atoms with Gasteiger partial charge in [-0.25, -0.2) is 9.69 Å². The third-order valence-corrected chi connectivity index (χ3v) is 6.43. The van der Waals surface area contributed by atoms with Gasteiger partial charge in [0.2, 0.25) is 11.8 Å². The first kappa shape index (κ1) is 14.2. The highest BCUT2D eigenvalue weighted by atomic mass is 35.5. The van der Waals surface area contributed by atoms with Crippen LogP contribution in [0.5, 0.6) is 0 Å². The van der Waals surface area contributed by atoms with E-state index in [9.17, 15) is 19.5 Å². The van der Waals surface area contributed by atoms with Crippen molar-refractivity contribution < 1.29 is 19.5 Å². The van der Waals surface area contributed by atoms with E-state index in [1.54, 1.807) is 0 Å². The molecule has 0 spiro atoms. The van der Waals surface area contributed by atoms with E-state index in [2.05, 4.69) is 12.2 Å². The Labute approximate surface area is 142 Å². The Kier molecular flexibility index (Phi) is 2.65. The summed E-state index contributed by atoms with van der Waals surface area (Å²) in [6.07, 6.45) is 5.33. The number of nitrogens with zero attached hydrogens (tertiary/aromatic N) is 1. The number of imide groups is 1. The van der Waals surface area contributed by atoms with Crippen molar-refractivity contribution in [2.45, 2.75) is 6.42 Å². The van der Waals surface area contributed by atoms with Crippen molar-refractivity contribution in [3.8, 4) is 0 Å². The summed E-state index contributed by atoms with van der Waals surface area (Å²) in [4.78, 5) is 38.4. The molecular formula is C18H14ClNO4. The first-order chi connectivity index (χ1) is 11.5. The van der Waals surface area contributed by atoms with E-state index in [4.69, 9.17) is 11.6 Å². The zero-order valence-corrected chi connectivity index (χ0v) is 13.3. The number of anilines is 1. The molecule has 1 heterocycles. The van der Waals surface area contributed by atoms with E-state index in [0.717, 1.165) is 6.42 Å². The van der Waals surface area contributed by atoms with Crippen LogP contribution in [0, 0.1) is 35.5 Å². The van der Waals surface area contributed by atoms with E-state index in [1.165, 1.54) is 23.1 Å². The third kappa shape index (κ3) is 1.63. The second-order valence-electron chi connectivity index (χ2n) is 7.14. The Balaban J connectivity index is 1.57. The van der Waals surface area contributed by atoms with Crippen LogP contribution >= 0.6 is 11.6 Å². The van der Waals surface area contributed by atoms with Gasteiger partial charge in [0.05, 0.1) is 28.1 Å². The standard InChI is InChI=1S/C18H14ClNO4/c19-13-4-1-7(5-12(13)18(23)24)20-16(21)14-8-2-3-9(11-6-10(8)11)15(14)17(20)22/h1-5,8-11,14-15H,6H2,(H,23,24)/t8-,9-,10-,11-,14+,15+/m0/s1. The largest absolute Gasteiger partial charge is 0.478 e. The summed E-state index contributed by atoms with van der Waals surface area (Å²) < 4.78 is 0. The van der Waals surface area contributed by atoms with E-state index in [-0.39, 0.29) is 46.1 Å². The van der Waals surface area contributed by atoms with Crippen LogP contribution in [-0.4, -0.2) is 22.9 Å². The normalized spacial score (nSPS) is 38.3. The van der Waals surface area contributed by atoms with Crippen molar-refractivity contribution in [2.75, 3.05) is 4.90 Å². The number of amides is 2. The molecule has 1 saturated heterocycles. The van der Waals surface area contributed by atoms with Crippen molar-refractivity contribution in [1.82, 2.24) is 0 Å². The minimum absolute atomic E-state index is 0.0886. The molecule has 6 atom stereocenters. The fourth-order valence-corrected chi connectivity index (χ4v) is 5.23. The first-order valence-corrected chi connectivity index (χ1v) is 8.46. The third-order valence-electron chi connectivity index (χ3n) is 6.10. The van der Waals surface area contributed by atoms with Gasteiger partial charge >= 0.3 is 5.97 Å². The Morgan fingerprint density at radius 1 is 1.08 bits per heavy atom. The maximum Gasteiger partial charge on any atom is 0.337 e. The molecule has 6 heteroatoms. The molecule has 1 N–H and O–H groups in total. The van der Waals surface area contributed by atoms with Gasteiger partial charge in [0, 0.05) is 0 Å². The SMILES string of the molecule is O=C(O)c1cc(N2C(=O)[C@@H]3[C@H]4C=C[C@@H]([C@@H]5C[C@@H]45)[C@H]3C2=O)ccc1Cl. The van der Waals surface area contributed by atoms with Gasteiger partial charge in [0.15, 0.2) is 0 Å². The second-order valence-corrected chi connectivity index (χ2v) is 7.54. The molecular weight excluding hydrogens is 330 g/mol. The number of carbonyl (C=O) groups is 3. The number of benzene rings is 1. The van der Waals surface area contributed by atoms with Crippen molar-refractivity contribution >= 4 is 35.1 Å². The molecule has 2 bridgehead atoms. The van der Waals surface area contributed by atoms with Crippen LogP contribution in [0.3, 0.4) is 0 Å². The molecule has 0 radical (unpaired) electrons. The second kappa shape index (κ2) is 4.48. The molecule has 1 aromatic carbocycles. The monoisotopic (exact) mass is 343 g/mol. The Morgan fingerprint density at radius 3 is 2.21 bits per heavy atom. The summed E-state index contributed by atoms with van der Waals surface area (Å²) in [5.74, 6) is -0.783. The predicted molar refractivity (Wildman–Crippen MR) is 85.6 cm³/mol. The van der Waals surface area contributed by atoms with Crippen LogP contribution in [0.2, 0.25) is 5.02 Å². The van der Waals surface area contributed by atoms with Gasteiger partial charge in [-0.2, -0.15) is 0 Å². The Bertz CT molecular complexity index is 811. The Morgan fingerprint density at radius 2 is 1.67 bits per heavy atom. The predicted octanol–water partition coefficient (Wildman–Crippen LogP) is 2.60. The molecule has 0 unspecified atom stereocenters. The van der Waals surface area contributed by atoms with Gasteiger partial charge in [0.25, 0.3) is 0 Å². The van der Waals surface area contributed by atoms with Crippen molar-refractivity contribution in [3.05, 3.63) is 40.9 Å². The molecule has 2 saturated carbocycles. The molecule has 0 aromatic heterocycles. The van der Waals surface area contributed by atoms with Gasteiger partial charge in [0.1, 0.15) is 0 Å². The minimum Gasteiger partial charge on any atom is -0.478 e. The molecule has 122 valence electrons. The van der Waals surface area contributed by atoms with Crippen LogP contribution in [-0.2, 0) is 9.59 Å². The summed E-state index contributed by atoms with van der Waals surface area (Å²) in [6.45, 7) is 0. The van der Waals surface area contributed by atoms with Gasteiger partial charge in [-0.05, 0) is 48.3 Å². The van der Waals surface area contributed by atoms with Gasteiger partial charge in [-0.15, -0.1) is 0 Å². The van der Waals surface area contributed by atoms with Crippen LogP contribution in [0.4, 0.5) is 5.69 Å². The maximum absolute atomic E-state index is 13.0. The number of hydrogen-bond donors (Lipinski definition) is 1. The van der Waals surface area contributed by atoms with Gasteiger partial charge in [-0.3, -0.25) is 9.59 Å². The van der Waals surface area contributed by atoms with Crippen LogP contribution < -0.4 is 4.90 Å². The topological polar surface area (TPSA) is 74.7 Å². The minimum atomic E-state index is -1.18. The number of rotatable bonds is 2. The summed E-state index contributed by atoms with van der Waals surface area (Å²) in [7, 11) is 0. The van der Waals surface area contributed by atoms with Crippen molar-refractivity contribution in [2.24, 2.45) is 35.5 Å². The lowest BCUT2D eigenvalue weighted by molar-refractivity contribution is -0.124. The highest BCUT2D eigenvalue weighted by Crippen LogP contribution is 2.65. The lowest BCUT2D eigenvalue weighted by atomic mass is 9.63. The Hall–Kier alpha value is -2.14. The quantitative estimate of drug-likeness (QED) is 0.661. The fourth-order valence-electron chi connectivity index (χ4n) is 5.03. The number of allylic oxidation sites excluding steroid dienone is 2. The molecule has 1 aliphatic heterocycles. The molecule has 4 aliphatic carbocycles. The summed E-state index contributed by atoms with van der Waals surface area (Å²) in [5.41, 5.74) is 0.197. The summed E-state index contributed by atoms with van der Waals surface area (Å²) in [6, 6.07) is 4.28. The molecule has 5 aliphatic rings. The molecule has 6 rings (SSSR count).